The Morgan fingerprint density at radius 2 is 1.00 bits per heavy atom. The van der Waals surface area contributed by atoms with E-state index in [4.69, 9.17) is 0 Å². The van der Waals surface area contributed by atoms with E-state index in [-0.39, 0.29) is 21.7 Å². The minimum Gasteiger partial charge on any atom is -0.255 e. The first kappa shape index (κ1) is 17.4. The predicted molar refractivity (Wildman–Crippen MR) is 86.1 cm³/mol. The molecule has 2 heteroatoms. The number of rotatable bonds is 0. The molecular weight excluding hydrogens is 295 g/mol. The quantitative estimate of drug-likeness (QED) is 0.288. The molecule has 0 nitrogen and oxygen atoms in total. The van der Waals surface area contributed by atoms with Crippen molar-refractivity contribution in [2.24, 2.45) is 0 Å². The number of benzene rings is 2. The summed E-state index contributed by atoms with van der Waals surface area (Å²) in [7, 11) is 0.500. The summed E-state index contributed by atoms with van der Waals surface area (Å²) in [5.74, 6) is 0. The second-order valence-electron chi connectivity index (χ2n) is 4.31. The summed E-state index contributed by atoms with van der Waals surface area (Å²) >= 11 is 0. The van der Waals surface area contributed by atoms with Crippen molar-refractivity contribution in [2.75, 3.05) is 7.18 Å². The Morgan fingerprint density at radius 1 is 0.619 bits per heavy atom. The molecule has 0 atom stereocenters. The Bertz CT molecular complexity index is 626. The van der Waals surface area contributed by atoms with Gasteiger partial charge < -0.3 is 0 Å². The van der Waals surface area contributed by atoms with Crippen LogP contribution in [0.4, 0.5) is 4.39 Å². The van der Waals surface area contributed by atoms with Crippen molar-refractivity contribution < 1.29 is 26.1 Å². The van der Waals surface area contributed by atoms with Crippen LogP contribution < -0.4 is 0 Å². The fourth-order valence-electron chi connectivity index (χ4n) is 2.14. The molecule has 0 fully saturated rings. The Labute approximate surface area is 139 Å². The predicted octanol–water partition coefficient (Wildman–Crippen LogP) is 5.70. The normalized spacial score (nSPS) is 9.05. The third-order valence-corrected chi connectivity index (χ3v) is 3.10. The van der Waals surface area contributed by atoms with Gasteiger partial charge >= 0.3 is 21.7 Å². The topological polar surface area (TPSA) is 0 Å². The van der Waals surface area contributed by atoms with Crippen LogP contribution in [-0.2, 0) is 21.7 Å². The van der Waals surface area contributed by atoms with Crippen LogP contribution in [0, 0.1) is 0 Å². The minimum absolute atomic E-state index is 0. The summed E-state index contributed by atoms with van der Waals surface area (Å²) < 4.78 is 9.50. The molecule has 0 spiro atoms. The van der Waals surface area contributed by atoms with E-state index in [9.17, 15) is 4.39 Å². The van der Waals surface area contributed by atoms with Gasteiger partial charge in [0.15, 0.2) is 0 Å². The molecular formula is C19H17FTi. The van der Waals surface area contributed by atoms with Crippen LogP contribution in [0.3, 0.4) is 0 Å². The van der Waals surface area contributed by atoms with E-state index in [1.165, 1.54) is 21.5 Å². The maximum Gasteiger partial charge on any atom is 2.00 e. The van der Waals surface area contributed by atoms with Gasteiger partial charge in [-0.3, -0.25) is 4.39 Å². The summed E-state index contributed by atoms with van der Waals surface area (Å²) in [6, 6.07) is 29.3. The average molecular weight is 312 g/mol. The van der Waals surface area contributed by atoms with Gasteiger partial charge in [0, 0.05) is 0 Å². The first-order chi connectivity index (χ1) is 9.93. The fourth-order valence-corrected chi connectivity index (χ4v) is 2.14. The van der Waals surface area contributed by atoms with Crippen molar-refractivity contribution in [1.29, 1.82) is 0 Å². The van der Waals surface area contributed by atoms with Crippen LogP contribution in [0.2, 0.25) is 0 Å². The zero-order valence-electron chi connectivity index (χ0n) is 12.0. The van der Waals surface area contributed by atoms with Crippen molar-refractivity contribution >= 4 is 21.5 Å². The Balaban J connectivity index is 0.000000181. The van der Waals surface area contributed by atoms with Crippen molar-refractivity contribution in [3.8, 4) is 0 Å². The Hall–Kier alpha value is -1.70. The van der Waals surface area contributed by atoms with E-state index >= 15 is 0 Å². The van der Waals surface area contributed by atoms with Crippen molar-refractivity contribution in [3.05, 3.63) is 84.9 Å². The summed E-state index contributed by atoms with van der Waals surface area (Å²) in [4.78, 5) is 0. The molecule has 0 amide bonds. The molecule has 0 saturated carbocycles. The molecule has 4 aromatic carbocycles. The van der Waals surface area contributed by atoms with Gasteiger partial charge in [0.1, 0.15) is 0 Å². The molecule has 4 aromatic rings. The van der Waals surface area contributed by atoms with Crippen LogP contribution in [0.5, 0.6) is 0 Å². The van der Waals surface area contributed by atoms with Crippen molar-refractivity contribution in [1.82, 2.24) is 0 Å². The summed E-state index contributed by atoms with van der Waals surface area (Å²) in [5, 5.41) is 5.32. The maximum absolute atomic E-state index is 9.50. The zero-order chi connectivity index (χ0) is 14.2. The first-order valence-corrected chi connectivity index (χ1v) is 6.52. The van der Waals surface area contributed by atoms with Gasteiger partial charge in [0.2, 0.25) is 0 Å². The van der Waals surface area contributed by atoms with Crippen LogP contribution in [-0.4, -0.2) is 7.18 Å². The van der Waals surface area contributed by atoms with Gasteiger partial charge in [-0.25, -0.2) is 0 Å². The molecule has 0 bridgehead atoms. The summed E-state index contributed by atoms with van der Waals surface area (Å²) in [6.45, 7) is 0. The fraction of sp³-hybridized carbons (Fsp3) is 0.0526. The van der Waals surface area contributed by atoms with Crippen LogP contribution in [0.15, 0.2) is 84.9 Å². The van der Waals surface area contributed by atoms with Crippen molar-refractivity contribution in [3.63, 3.8) is 0 Å². The second-order valence-corrected chi connectivity index (χ2v) is 4.31. The number of hydrogen-bond acceptors (Lipinski definition) is 0. The Morgan fingerprint density at radius 3 is 1.38 bits per heavy atom. The SMILES string of the molecule is CF.[Ti+2].c1ccc2[cH-]ccc2c1.c1ccc2[cH-]ccc2c1. The number of fused-ring (bicyclic) bond motifs is 2. The molecule has 4 rings (SSSR count). The largest absolute Gasteiger partial charge is 2.00 e. The Kier molecular flexibility index (Phi) is 7.67. The number of hydrogen-bond donors (Lipinski definition) is 0. The molecule has 21 heavy (non-hydrogen) atoms. The van der Waals surface area contributed by atoms with E-state index in [1.54, 1.807) is 0 Å². The molecule has 0 unspecified atom stereocenters. The molecule has 104 valence electrons. The van der Waals surface area contributed by atoms with Crippen LogP contribution in [0.25, 0.3) is 21.5 Å². The molecule has 0 saturated heterocycles. The van der Waals surface area contributed by atoms with E-state index in [1.807, 2.05) is 0 Å². The molecule has 0 N–H and O–H groups in total. The van der Waals surface area contributed by atoms with Gasteiger partial charge in [-0.15, -0.1) is 59.3 Å². The molecule has 0 aromatic heterocycles. The number of alkyl halides is 1. The van der Waals surface area contributed by atoms with E-state index in [0.717, 1.165) is 0 Å². The number of halogens is 1. The van der Waals surface area contributed by atoms with Gasteiger partial charge in [0.25, 0.3) is 0 Å². The third-order valence-electron chi connectivity index (χ3n) is 3.10. The van der Waals surface area contributed by atoms with Gasteiger partial charge in [0.05, 0.1) is 7.18 Å². The zero-order valence-corrected chi connectivity index (χ0v) is 13.5. The van der Waals surface area contributed by atoms with Gasteiger partial charge in [-0.05, 0) is 0 Å². The molecule has 0 aliphatic carbocycles. The summed E-state index contributed by atoms with van der Waals surface area (Å²) in [6.07, 6.45) is 0. The second kappa shape index (κ2) is 9.28. The first-order valence-electron chi connectivity index (χ1n) is 6.52. The average Bonchev–Trinajstić information content (AvgIpc) is 3.18. The summed E-state index contributed by atoms with van der Waals surface area (Å²) in [5.41, 5.74) is 0. The van der Waals surface area contributed by atoms with E-state index in [2.05, 4.69) is 84.9 Å². The van der Waals surface area contributed by atoms with Crippen LogP contribution >= 0.6 is 0 Å². The van der Waals surface area contributed by atoms with Gasteiger partial charge in [-0.1, -0.05) is 12.1 Å². The van der Waals surface area contributed by atoms with Crippen molar-refractivity contribution in [2.45, 2.75) is 0 Å². The van der Waals surface area contributed by atoms with E-state index < -0.39 is 0 Å². The van der Waals surface area contributed by atoms with E-state index in [0.29, 0.717) is 7.18 Å². The molecule has 0 radical (unpaired) electrons. The molecule has 0 aliphatic rings. The monoisotopic (exact) mass is 312 g/mol. The standard InChI is InChI=1S/2C9H7.CH3F.Ti/c2*1-2-5-9-7-3-6-8(9)4-1;1-2;/h2*1-7H;1H3;/q2*-1;;+2. The maximum atomic E-state index is 9.50. The molecule has 0 heterocycles. The minimum atomic E-state index is 0. The van der Waals surface area contributed by atoms with Crippen LogP contribution in [0.1, 0.15) is 0 Å². The van der Waals surface area contributed by atoms with Gasteiger partial charge in [-0.2, -0.15) is 35.0 Å². The third kappa shape index (κ3) is 4.66. The molecule has 0 aliphatic heterocycles. The smallest absolute Gasteiger partial charge is 0.255 e.